The van der Waals surface area contributed by atoms with E-state index in [9.17, 15) is 9.59 Å². The van der Waals surface area contributed by atoms with Crippen LogP contribution in [-0.4, -0.2) is 30.9 Å². The summed E-state index contributed by atoms with van der Waals surface area (Å²) in [6.07, 6.45) is -0.292. The normalized spacial score (nSPS) is 9.29. The highest BCUT2D eigenvalue weighted by atomic mass is 16.5. The summed E-state index contributed by atoms with van der Waals surface area (Å²) in [4.78, 5) is 21.8. The first-order valence-corrected chi connectivity index (χ1v) is 4.47. The summed E-state index contributed by atoms with van der Waals surface area (Å²) in [5.41, 5.74) is 0.0156. The van der Waals surface area contributed by atoms with Gasteiger partial charge < -0.3 is 14.9 Å². The number of carbonyl (C=O) groups excluding carboxylic acids is 2. The van der Waals surface area contributed by atoms with Crippen molar-refractivity contribution >= 4 is 17.7 Å². The second-order valence-electron chi connectivity index (χ2n) is 2.57. The van der Waals surface area contributed by atoms with Crippen LogP contribution < -0.4 is 0 Å². The van der Waals surface area contributed by atoms with Gasteiger partial charge in [-0.15, -0.1) is 0 Å². The highest BCUT2D eigenvalue weighted by molar-refractivity contribution is 6.05. The van der Waals surface area contributed by atoms with Crippen molar-refractivity contribution < 1.29 is 19.1 Å². The molecule has 5 nitrogen and oxygen atoms in total. The zero-order valence-corrected chi connectivity index (χ0v) is 8.46. The van der Waals surface area contributed by atoms with E-state index in [4.69, 9.17) is 5.41 Å². The molecule has 0 spiro atoms. The van der Waals surface area contributed by atoms with E-state index in [-0.39, 0.29) is 31.8 Å². The molecule has 0 saturated carbocycles. The molecule has 5 heteroatoms. The van der Waals surface area contributed by atoms with Crippen LogP contribution >= 0.6 is 0 Å². The van der Waals surface area contributed by atoms with E-state index in [1.54, 1.807) is 13.8 Å². The molecule has 1 N–H and O–H groups in total. The SMILES string of the molecule is CCOC(=O)CC(=N)CC(=O)OCC. The van der Waals surface area contributed by atoms with Gasteiger partial charge in [-0.25, -0.2) is 0 Å². The summed E-state index contributed by atoms with van der Waals surface area (Å²) >= 11 is 0. The molecule has 0 fully saturated rings. The minimum absolute atomic E-state index is 0.0156. The first kappa shape index (κ1) is 12.6. The van der Waals surface area contributed by atoms with Gasteiger partial charge in [-0.2, -0.15) is 0 Å². The molecule has 0 atom stereocenters. The van der Waals surface area contributed by atoms with E-state index in [0.717, 1.165) is 0 Å². The quantitative estimate of drug-likeness (QED) is 0.512. The number of carbonyl (C=O) groups is 2. The molecule has 14 heavy (non-hydrogen) atoms. The van der Waals surface area contributed by atoms with Gasteiger partial charge in [-0.05, 0) is 13.8 Å². The standard InChI is InChI=1S/C9H15NO4/c1-3-13-8(11)5-7(10)6-9(12)14-4-2/h10H,3-6H2,1-2H3. The van der Waals surface area contributed by atoms with Crippen molar-refractivity contribution in [3.05, 3.63) is 0 Å². The van der Waals surface area contributed by atoms with E-state index in [2.05, 4.69) is 9.47 Å². The monoisotopic (exact) mass is 201 g/mol. The summed E-state index contributed by atoms with van der Waals surface area (Å²) < 4.78 is 9.24. The van der Waals surface area contributed by atoms with Gasteiger partial charge in [0.05, 0.1) is 26.1 Å². The van der Waals surface area contributed by atoms with Gasteiger partial charge >= 0.3 is 11.9 Å². The Labute approximate surface area is 82.9 Å². The molecule has 0 aliphatic carbocycles. The van der Waals surface area contributed by atoms with Crippen molar-refractivity contribution in [3.63, 3.8) is 0 Å². The second kappa shape index (κ2) is 7.06. The third-order valence-electron chi connectivity index (χ3n) is 1.33. The maximum atomic E-state index is 10.9. The van der Waals surface area contributed by atoms with Crippen LogP contribution in [0, 0.1) is 5.41 Å². The van der Waals surface area contributed by atoms with Crippen LogP contribution in [0.2, 0.25) is 0 Å². The topological polar surface area (TPSA) is 76.5 Å². The van der Waals surface area contributed by atoms with Gasteiger partial charge in [0.25, 0.3) is 0 Å². The van der Waals surface area contributed by atoms with Gasteiger partial charge in [-0.3, -0.25) is 9.59 Å². The van der Waals surface area contributed by atoms with Crippen molar-refractivity contribution in [3.8, 4) is 0 Å². The van der Waals surface area contributed by atoms with Crippen LogP contribution in [0.15, 0.2) is 0 Å². The van der Waals surface area contributed by atoms with Gasteiger partial charge in [0.1, 0.15) is 0 Å². The molecule has 0 aromatic carbocycles. The maximum absolute atomic E-state index is 10.9. The average Bonchev–Trinajstić information content (AvgIpc) is 2.03. The molecule has 0 aliphatic rings. The fourth-order valence-electron chi connectivity index (χ4n) is 0.835. The molecule has 0 rings (SSSR count). The Balaban J connectivity index is 3.75. The molecular weight excluding hydrogens is 186 g/mol. The maximum Gasteiger partial charge on any atom is 0.311 e. The largest absolute Gasteiger partial charge is 0.466 e. The van der Waals surface area contributed by atoms with Crippen molar-refractivity contribution in [1.29, 1.82) is 5.41 Å². The molecule has 0 aliphatic heterocycles. The second-order valence-corrected chi connectivity index (χ2v) is 2.57. The smallest absolute Gasteiger partial charge is 0.311 e. The van der Waals surface area contributed by atoms with Gasteiger partial charge in [-0.1, -0.05) is 0 Å². The molecule has 0 heterocycles. The molecule has 0 unspecified atom stereocenters. The number of hydrogen-bond donors (Lipinski definition) is 1. The van der Waals surface area contributed by atoms with Gasteiger partial charge in [0.15, 0.2) is 0 Å². The number of ether oxygens (including phenoxy) is 2. The predicted molar refractivity (Wildman–Crippen MR) is 50.2 cm³/mol. The van der Waals surface area contributed by atoms with Crippen LogP contribution in [0.25, 0.3) is 0 Å². The van der Waals surface area contributed by atoms with Crippen molar-refractivity contribution in [1.82, 2.24) is 0 Å². The molecule has 0 bridgehead atoms. The average molecular weight is 201 g/mol. The Morgan fingerprint density at radius 3 is 1.64 bits per heavy atom. The first-order valence-electron chi connectivity index (χ1n) is 4.47. The zero-order chi connectivity index (χ0) is 11.0. The third-order valence-corrected chi connectivity index (χ3v) is 1.33. The molecule has 0 radical (unpaired) electrons. The Kier molecular flexibility index (Phi) is 6.36. The summed E-state index contributed by atoms with van der Waals surface area (Å²) in [5.74, 6) is -0.969. The van der Waals surface area contributed by atoms with E-state index < -0.39 is 11.9 Å². The van der Waals surface area contributed by atoms with Crippen molar-refractivity contribution in [2.24, 2.45) is 0 Å². The Morgan fingerprint density at radius 1 is 1.00 bits per heavy atom. The molecular formula is C9H15NO4. The lowest BCUT2D eigenvalue weighted by atomic mass is 10.2. The van der Waals surface area contributed by atoms with Gasteiger partial charge in [0, 0.05) is 5.71 Å². The summed E-state index contributed by atoms with van der Waals surface area (Å²) in [6.45, 7) is 3.94. The number of hydrogen-bond acceptors (Lipinski definition) is 5. The zero-order valence-electron chi connectivity index (χ0n) is 8.46. The Morgan fingerprint density at radius 2 is 1.36 bits per heavy atom. The van der Waals surface area contributed by atoms with Gasteiger partial charge in [0.2, 0.25) is 0 Å². The van der Waals surface area contributed by atoms with Crippen LogP contribution in [0.3, 0.4) is 0 Å². The summed E-state index contributed by atoms with van der Waals surface area (Å²) in [7, 11) is 0. The minimum Gasteiger partial charge on any atom is -0.466 e. The number of rotatable bonds is 6. The lowest BCUT2D eigenvalue weighted by Crippen LogP contribution is -2.15. The lowest BCUT2D eigenvalue weighted by molar-refractivity contribution is -0.141. The molecule has 80 valence electrons. The fraction of sp³-hybridized carbons (Fsp3) is 0.667. The van der Waals surface area contributed by atoms with E-state index >= 15 is 0 Å². The molecule has 0 saturated heterocycles. The highest BCUT2D eigenvalue weighted by Crippen LogP contribution is 1.96. The molecule has 0 aromatic heterocycles. The summed E-state index contributed by atoms with van der Waals surface area (Å²) in [6, 6.07) is 0. The predicted octanol–water partition coefficient (Wildman–Crippen LogP) is 0.913. The number of esters is 2. The van der Waals surface area contributed by atoms with E-state index in [1.807, 2.05) is 0 Å². The summed E-state index contributed by atoms with van der Waals surface area (Å²) in [5, 5.41) is 7.30. The lowest BCUT2D eigenvalue weighted by Gasteiger charge is -2.03. The van der Waals surface area contributed by atoms with Crippen molar-refractivity contribution in [2.75, 3.05) is 13.2 Å². The molecule has 0 aromatic rings. The van der Waals surface area contributed by atoms with E-state index in [1.165, 1.54) is 0 Å². The molecule has 0 amide bonds. The fourth-order valence-corrected chi connectivity index (χ4v) is 0.835. The Hall–Kier alpha value is -1.39. The van der Waals surface area contributed by atoms with Crippen LogP contribution in [0.4, 0.5) is 0 Å². The third kappa shape index (κ3) is 6.16. The van der Waals surface area contributed by atoms with Crippen LogP contribution in [0.5, 0.6) is 0 Å². The van der Waals surface area contributed by atoms with E-state index in [0.29, 0.717) is 0 Å². The first-order chi connectivity index (χ1) is 6.60. The highest BCUT2D eigenvalue weighted by Gasteiger charge is 2.11. The van der Waals surface area contributed by atoms with Crippen LogP contribution in [-0.2, 0) is 19.1 Å². The van der Waals surface area contributed by atoms with Crippen LogP contribution in [0.1, 0.15) is 26.7 Å². The van der Waals surface area contributed by atoms with Crippen molar-refractivity contribution in [2.45, 2.75) is 26.7 Å². The Bertz CT molecular complexity index is 203. The minimum atomic E-state index is -0.484. The number of nitrogens with one attached hydrogen (secondary N) is 1.